The van der Waals surface area contributed by atoms with Crippen molar-refractivity contribution in [1.82, 2.24) is 14.8 Å². The summed E-state index contributed by atoms with van der Waals surface area (Å²) in [4.78, 5) is 33.2. The average Bonchev–Trinajstić information content (AvgIpc) is 2.83. The summed E-state index contributed by atoms with van der Waals surface area (Å²) in [5.74, 6) is 0.280. The van der Waals surface area contributed by atoms with Crippen LogP contribution in [0.15, 0.2) is 48.7 Å². The highest BCUT2D eigenvalue weighted by atomic mass is 16.5. The Bertz CT molecular complexity index is 975. The number of aromatic nitrogens is 1. The van der Waals surface area contributed by atoms with E-state index in [1.807, 2.05) is 18.2 Å². The number of carbonyl (C=O) groups is 2. The average molecular weight is 454 g/mol. The number of likely N-dealkylation sites (tertiary alicyclic amines) is 1. The molecule has 4 rings (SSSR count). The highest BCUT2D eigenvalue weighted by Crippen LogP contribution is 2.38. The number of hydrogen-bond donors (Lipinski definition) is 2. The lowest BCUT2D eigenvalue weighted by Gasteiger charge is -2.45. The molecule has 2 aromatic rings. The van der Waals surface area contributed by atoms with Gasteiger partial charge < -0.3 is 24.7 Å². The van der Waals surface area contributed by atoms with Crippen LogP contribution in [0.1, 0.15) is 35.3 Å². The first kappa shape index (κ1) is 23.2. The van der Waals surface area contributed by atoms with E-state index in [4.69, 9.17) is 4.74 Å². The van der Waals surface area contributed by atoms with Crippen LogP contribution in [0.4, 0.5) is 0 Å². The smallest absolute Gasteiger partial charge is 0.272 e. The summed E-state index contributed by atoms with van der Waals surface area (Å²) in [5, 5.41) is 21.7. The third kappa shape index (κ3) is 5.34. The lowest BCUT2D eigenvalue weighted by molar-refractivity contribution is -0.135. The van der Waals surface area contributed by atoms with Gasteiger partial charge in [-0.2, -0.15) is 0 Å². The molecule has 0 unspecified atom stereocenters. The van der Waals surface area contributed by atoms with E-state index in [0.29, 0.717) is 50.3 Å². The first-order valence-corrected chi connectivity index (χ1v) is 11.4. The Kier molecular flexibility index (Phi) is 6.95. The fraction of sp³-hybridized carbons (Fsp3) is 0.480. The van der Waals surface area contributed by atoms with Crippen LogP contribution in [0.3, 0.4) is 0 Å². The molecule has 2 N–H and O–H groups in total. The van der Waals surface area contributed by atoms with E-state index in [2.05, 4.69) is 4.98 Å². The van der Waals surface area contributed by atoms with Crippen molar-refractivity contribution in [2.24, 2.45) is 5.41 Å². The Balaban J connectivity index is 1.52. The molecule has 8 nitrogen and oxygen atoms in total. The number of aliphatic hydroxyl groups excluding tert-OH is 2. The standard InChI is InChI=1S/C25H31N3O5/c1-27-17-25(9-12-28(13-10-25)24(32)19-7-4-5-11-26-19)15-21(30)20(29)14-18-6-2-3-8-22(18)33-16-23(27)31/h2-8,11,20-21,29-30H,9-10,12-17H2,1H3/t20-,21+/m0/s1. The predicted octanol–water partition coefficient (Wildman–Crippen LogP) is 1.51. The van der Waals surface area contributed by atoms with Crippen molar-refractivity contribution in [1.29, 1.82) is 0 Å². The predicted molar refractivity (Wildman–Crippen MR) is 122 cm³/mol. The summed E-state index contributed by atoms with van der Waals surface area (Å²) in [6, 6.07) is 12.5. The minimum absolute atomic E-state index is 0.0907. The summed E-state index contributed by atoms with van der Waals surface area (Å²) in [6.45, 7) is 1.33. The number of benzene rings is 1. The van der Waals surface area contributed by atoms with Crippen LogP contribution in [0.2, 0.25) is 0 Å². The molecule has 33 heavy (non-hydrogen) atoms. The maximum atomic E-state index is 12.8. The minimum Gasteiger partial charge on any atom is -0.483 e. The van der Waals surface area contributed by atoms with Crippen LogP contribution >= 0.6 is 0 Å². The van der Waals surface area contributed by atoms with Crippen LogP contribution in [0.5, 0.6) is 5.75 Å². The quantitative estimate of drug-likeness (QED) is 0.679. The van der Waals surface area contributed by atoms with E-state index in [1.54, 1.807) is 47.3 Å². The van der Waals surface area contributed by atoms with Gasteiger partial charge in [-0.3, -0.25) is 14.6 Å². The summed E-state index contributed by atoms with van der Waals surface area (Å²) in [7, 11) is 1.74. The molecular formula is C25H31N3O5. The monoisotopic (exact) mass is 453 g/mol. The molecule has 0 aliphatic carbocycles. The summed E-state index contributed by atoms with van der Waals surface area (Å²) in [5.41, 5.74) is 0.750. The van der Waals surface area contributed by atoms with Gasteiger partial charge in [0.1, 0.15) is 11.4 Å². The van der Waals surface area contributed by atoms with Crippen LogP contribution in [-0.2, 0) is 11.2 Å². The van der Waals surface area contributed by atoms with Gasteiger partial charge in [0, 0.05) is 39.3 Å². The van der Waals surface area contributed by atoms with Crippen LogP contribution < -0.4 is 4.74 Å². The number of aliphatic hydroxyl groups is 2. The maximum Gasteiger partial charge on any atom is 0.272 e. The molecule has 2 aliphatic rings. The van der Waals surface area contributed by atoms with Gasteiger partial charge >= 0.3 is 0 Å². The summed E-state index contributed by atoms with van der Waals surface area (Å²) in [6.07, 6.45) is 1.50. The number of hydrogen-bond acceptors (Lipinski definition) is 6. The Labute approximate surface area is 193 Å². The molecule has 1 aromatic heterocycles. The van der Waals surface area contributed by atoms with Crippen molar-refractivity contribution in [3.8, 4) is 5.75 Å². The second-order valence-electron chi connectivity index (χ2n) is 9.20. The number of piperidine rings is 1. The Morgan fingerprint density at radius 1 is 1.09 bits per heavy atom. The second-order valence-corrected chi connectivity index (χ2v) is 9.20. The molecule has 0 radical (unpaired) electrons. The van der Waals surface area contributed by atoms with Gasteiger partial charge in [0.05, 0.1) is 12.2 Å². The molecule has 8 heteroatoms. The molecule has 2 amide bonds. The van der Waals surface area contributed by atoms with Crippen LogP contribution in [0.25, 0.3) is 0 Å². The van der Waals surface area contributed by atoms with Gasteiger partial charge in [-0.1, -0.05) is 24.3 Å². The van der Waals surface area contributed by atoms with Crippen molar-refractivity contribution in [2.45, 2.75) is 37.9 Å². The maximum absolute atomic E-state index is 12.8. The lowest BCUT2D eigenvalue weighted by Crippen LogP contribution is -2.51. The number of rotatable bonds is 1. The van der Waals surface area contributed by atoms with E-state index in [0.717, 1.165) is 5.56 Å². The van der Waals surface area contributed by atoms with E-state index in [9.17, 15) is 19.8 Å². The Hall–Kier alpha value is -2.97. The molecule has 3 heterocycles. The molecule has 0 saturated carbocycles. The summed E-state index contributed by atoms with van der Waals surface area (Å²) >= 11 is 0. The van der Waals surface area contributed by atoms with Gasteiger partial charge in [0.15, 0.2) is 6.61 Å². The third-order valence-electron chi connectivity index (χ3n) is 6.83. The zero-order valence-electron chi connectivity index (χ0n) is 18.9. The zero-order chi connectivity index (χ0) is 23.4. The zero-order valence-corrected chi connectivity index (χ0v) is 18.9. The van der Waals surface area contributed by atoms with Gasteiger partial charge in [-0.05, 0) is 48.4 Å². The van der Waals surface area contributed by atoms with Crippen LogP contribution in [-0.4, -0.2) is 82.3 Å². The topological polar surface area (TPSA) is 103 Å². The largest absolute Gasteiger partial charge is 0.483 e. The van der Waals surface area contributed by atoms with E-state index < -0.39 is 17.6 Å². The van der Waals surface area contributed by atoms with E-state index in [1.165, 1.54) is 0 Å². The number of para-hydroxylation sites is 1. The van der Waals surface area contributed by atoms with Gasteiger partial charge in [0.2, 0.25) is 0 Å². The van der Waals surface area contributed by atoms with Crippen LogP contribution in [0, 0.1) is 5.41 Å². The molecule has 0 bridgehead atoms. The van der Waals surface area contributed by atoms with E-state index >= 15 is 0 Å². The van der Waals surface area contributed by atoms with Gasteiger partial charge in [0.25, 0.3) is 11.8 Å². The molecular weight excluding hydrogens is 422 g/mol. The second kappa shape index (κ2) is 9.89. The fourth-order valence-corrected chi connectivity index (χ4v) is 4.86. The number of pyridine rings is 1. The third-order valence-corrected chi connectivity index (χ3v) is 6.83. The first-order valence-electron chi connectivity index (χ1n) is 11.4. The molecule has 2 aliphatic heterocycles. The molecule has 176 valence electrons. The number of fused-ring (bicyclic) bond motifs is 1. The Morgan fingerprint density at radius 3 is 2.55 bits per heavy atom. The number of nitrogens with zero attached hydrogens (tertiary/aromatic N) is 3. The number of likely N-dealkylation sites (N-methyl/N-ethyl adjacent to an activating group) is 1. The lowest BCUT2D eigenvalue weighted by atomic mass is 9.72. The number of amides is 2. The number of carbonyl (C=O) groups excluding carboxylic acids is 2. The minimum atomic E-state index is -0.959. The highest BCUT2D eigenvalue weighted by Gasteiger charge is 2.41. The first-order chi connectivity index (χ1) is 15.9. The molecule has 2 atom stereocenters. The van der Waals surface area contributed by atoms with Gasteiger partial charge in [-0.15, -0.1) is 0 Å². The number of ether oxygens (including phenoxy) is 1. The van der Waals surface area contributed by atoms with Crippen molar-refractivity contribution in [3.63, 3.8) is 0 Å². The Morgan fingerprint density at radius 2 is 1.82 bits per heavy atom. The van der Waals surface area contributed by atoms with Crippen molar-refractivity contribution in [2.75, 3.05) is 33.3 Å². The molecule has 1 spiro atoms. The fourth-order valence-electron chi connectivity index (χ4n) is 4.86. The molecule has 1 saturated heterocycles. The molecule has 1 aromatic carbocycles. The van der Waals surface area contributed by atoms with Gasteiger partial charge in [-0.25, -0.2) is 0 Å². The van der Waals surface area contributed by atoms with Crippen molar-refractivity contribution < 1.29 is 24.5 Å². The summed E-state index contributed by atoms with van der Waals surface area (Å²) < 4.78 is 5.76. The van der Waals surface area contributed by atoms with E-state index in [-0.39, 0.29) is 24.8 Å². The highest BCUT2D eigenvalue weighted by molar-refractivity contribution is 5.92. The van der Waals surface area contributed by atoms with Crippen molar-refractivity contribution in [3.05, 3.63) is 59.9 Å². The SMILES string of the molecule is CN1CC2(CCN(C(=O)c3ccccn3)CC2)C[C@@H](O)[C@@H](O)Cc2ccccc2OCC1=O. The normalized spacial score (nSPS) is 23.8. The molecule has 1 fully saturated rings. The van der Waals surface area contributed by atoms with Crippen molar-refractivity contribution >= 4 is 11.8 Å².